The standard InChI is InChI=1S/C25H28N2O3S/c1-26(18-22(24-9-6-16-31-24)27-12-14-30-15-13-27)25(28)20-10-11-23(29-2)21(17-20)19-7-4-3-5-8-19/h3-11,16-17,22H,12-15,18H2,1-2H3/t22-/m1/s1. The molecule has 1 amide bonds. The Labute approximate surface area is 187 Å². The number of thiophene rings is 1. The van der Waals surface area contributed by atoms with Crippen molar-refractivity contribution in [1.82, 2.24) is 9.80 Å². The van der Waals surface area contributed by atoms with Gasteiger partial charge in [0.1, 0.15) is 5.75 Å². The highest BCUT2D eigenvalue weighted by Gasteiger charge is 2.27. The Kier molecular flexibility index (Phi) is 7.02. The minimum Gasteiger partial charge on any atom is -0.496 e. The Hall–Kier alpha value is -2.67. The summed E-state index contributed by atoms with van der Waals surface area (Å²) < 4.78 is 11.1. The SMILES string of the molecule is COc1ccc(C(=O)N(C)C[C@H](c2cccs2)N2CCOCC2)cc1-c1ccccc1. The average molecular weight is 437 g/mol. The average Bonchev–Trinajstić information content (AvgIpc) is 3.37. The van der Waals surface area contributed by atoms with Crippen LogP contribution >= 0.6 is 11.3 Å². The first-order valence-corrected chi connectivity index (χ1v) is 11.4. The zero-order valence-corrected chi connectivity index (χ0v) is 18.8. The predicted octanol–water partition coefficient (Wildman–Crippen LogP) is 4.57. The van der Waals surface area contributed by atoms with E-state index >= 15 is 0 Å². The molecule has 2 heterocycles. The predicted molar refractivity (Wildman–Crippen MR) is 125 cm³/mol. The van der Waals surface area contributed by atoms with E-state index in [4.69, 9.17) is 9.47 Å². The maximum Gasteiger partial charge on any atom is 0.253 e. The number of morpholine rings is 1. The van der Waals surface area contributed by atoms with Gasteiger partial charge >= 0.3 is 0 Å². The van der Waals surface area contributed by atoms with Crippen LogP contribution in [-0.4, -0.2) is 62.7 Å². The molecule has 4 rings (SSSR count). The van der Waals surface area contributed by atoms with Crippen LogP contribution in [-0.2, 0) is 4.74 Å². The van der Waals surface area contributed by atoms with Crippen LogP contribution in [0.25, 0.3) is 11.1 Å². The summed E-state index contributed by atoms with van der Waals surface area (Å²) in [5.41, 5.74) is 2.61. The summed E-state index contributed by atoms with van der Waals surface area (Å²) in [7, 11) is 3.54. The van der Waals surface area contributed by atoms with Gasteiger partial charge in [-0.05, 0) is 35.2 Å². The van der Waals surface area contributed by atoms with E-state index in [1.807, 2.05) is 60.5 Å². The van der Waals surface area contributed by atoms with Crippen molar-refractivity contribution in [3.8, 4) is 16.9 Å². The number of amides is 1. The number of hydrogen-bond acceptors (Lipinski definition) is 5. The minimum atomic E-state index is 0.00893. The fraction of sp³-hybridized carbons (Fsp3) is 0.320. The van der Waals surface area contributed by atoms with Gasteiger partial charge in [-0.15, -0.1) is 11.3 Å². The van der Waals surface area contributed by atoms with E-state index in [0.717, 1.165) is 43.2 Å². The maximum atomic E-state index is 13.4. The summed E-state index contributed by atoms with van der Waals surface area (Å²) in [4.78, 5) is 18.9. The molecule has 1 aliphatic rings. The van der Waals surface area contributed by atoms with Gasteiger partial charge in [-0.1, -0.05) is 36.4 Å². The fourth-order valence-electron chi connectivity index (χ4n) is 4.00. The van der Waals surface area contributed by atoms with Gasteiger partial charge in [0.25, 0.3) is 5.91 Å². The molecule has 0 radical (unpaired) electrons. The van der Waals surface area contributed by atoms with E-state index in [0.29, 0.717) is 12.1 Å². The smallest absolute Gasteiger partial charge is 0.253 e. The lowest BCUT2D eigenvalue weighted by Crippen LogP contribution is -2.44. The van der Waals surface area contributed by atoms with Crippen molar-refractivity contribution < 1.29 is 14.3 Å². The van der Waals surface area contributed by atoms with Crippen molar-refractivity contribution >= 4 is 17.2 Å². The van der Waals surface area contributed by atoms with Gasteiger partial charge in [-0.2, -0.15) is 0 Å². The van der Waals surface area contributed by atoms with Gasteiger partial charge in [0.2, 0.25) is 0 Å². The lowest BCUT2D eigenvalue weighted by Gasteiger charge is -2.36. The fourth-order valence-corrected chi connectivity index (χ4v) is 4.85. The number of ether oxygens (including phenoxy) is 2. The molecule has 1 atom stereocenters. The van der Waals surface area contributed by atoms with Crippen LogP contribution in [0.15, 0.2) is 66.0 Å². The van der Waals surface area contributed by atoms with Crippen molar-refractivity contribution in [1.29, 1.82) is 0 Å². The van der Waals surface area contributed by atoms with Crippen molar-refractivity contribution in [2.24, 2.45) is 0 Å². The van der Waals surface area contributed by atoms with E-state index in [2.05, 4.69) is 22.4 Å². The third kappa shape index (κ3) is 4.98. The number of hydrogen-bond donors (Lipinski definition) is 0. The molecule has 162 valence electrons. The van der Waals surface area contributed by atoms with Gasteiger partial charge in [0, 0.05) is 42.7 Å². The molecule has 1 aromatic heterocycles. The number of carbonyl (C=O) groups excluding carboxylic acids is 1. The van der Waals surface area contributed by atoms with Crippen LogP contribution in [0.1, 0.15) is 21.3 Å². The first-order chi connectivity index (χ1) is 15.2. The van der Waals surface area contributed by atoms with E-state index in [1.165, 1.54) is 4.88 Å². The molecule has 2 aromatic carbocycles. The molecular formula is C25H28N2O3S. The van der Waals surface area contributed by atoms with Crippen molar-refractivity contribution in [3.05, 3.63) is 76.5 Å². The summed E-state index contributed by atoms with van der Waals surface area (Å²) in [6.07, 6.45) is 0. The second-order valence-electron chi connectivity index (χ2n) is 7.65. The topological polar surface area (TPSA) is 42.0 Å². The molecule has 6 heteroatoms. The number of likely N-dealkylation sites (N-methyl/N-ethyl adjacent to an activating group) is 1. The summed E-state index contributed by atoms with van der Waals surface area (Å²) in [6, 6.07) is 20.1. The van der Waals surface area contributed by atoms with E-state index in [1.54, 1.807) is 18.4 Å². The Morgan fingerprint density at radius 2 is 1.90 bits per heavy atom. The van der Waals surface area contributed by atoms with Crippen LogP contribution in [0.3, 0.4) is 0 Å². The Morgan fingerprint density at radius 3 is 2.58 bits per heavy atom. The summed E-state index contributed by atoms with van der Waals surface area (Å²) in [6.45, 7) is 3.86. The third-order valence-electron chi connectivity index (χ3n) is 5.68. The molecule has 1 saturated heterocycles. The lowest BCUT2D eigenvalue weighted by molar-refractivity contribution is 0.0104. The van der Waals surface area contributed by atoms with Crippen molar-refractivity contribution in [2.45, 2.75) is 6.04 Å². The number of rotatable bonds is 7. The van der Waals surface area contributed by atoms with Crippen LogP contribution in [0.4, 0.5) is 0 Å². The zero-order chi connectivity index (χ0) is 21.6. The van der Waals surface area contributed by atoms with E-state index < -0.39 is 0 Å². The lowest BCUT2D eigenvalue weighted by atomic mass is 10.0. The molecule has 0 bridgehead atoms. The molecule has 0 aliphatic carbocycles. The second kappa shape index (κ2) is 10.1. The highest BCUT2D eigenvalue weighted by atomic mass is 32.1. The van der Waals surface area contributed by atoms with Crippen molar-refractivity contribution in [2.75, 3.05) is 47.0 Å². The summed E-state index contributed by atoms with van der Waals surface area (Å²) in [5.74, 6) is 0.768. The number of benzene rings is 2. The van der Waals surface area contributed by atoms with Gasteiger partial charge < -0.3 is 14.4 Å². The normalized spacial score (nSPS) is 15.4. The van der Waals surface area contributed by atoms with Crippen LogP contribution in [0.2, 0.25) is 0 Å². The Morgan fingerprint density at radius 1 is 1.13 bits per heavy atom. The first kappa shape index (κ1) is 21.6. The number of carbonyl (C=O) groups is 1. The van der Waals surface area contributed by atoms with Crippen LogP contribution in [0, 0.1) is 0 Å². The third-order valence-corrected chi connectivity index (χ3v) is 6.66. The van der Waals surface area contributed by atoms with Crippen molar-refractivity contribution in [3.63, 3.8) is 0 Å². The molecule has 0 unspecified atom stereocenters. The molecule has 0 saturated carbocycles. The van der Waals surface area contributed by atoms with Crippen LogP contribution < -0.4 is 4.74 Å². The first-order valence-electron chi connectivity index (χ1n) is 10.5. The van der Waals surface area contributed by atoms with Gasteiger partial charge in [-0.25, -0.2) is 0 Å². The van der Waals surface area contributed by atoms with E-state index in [-0.39, 0.29) is 11.9 Å². The molecule has 31 heavy (non-hydrogen) atoms. The summed E-state index contributed by atoms with van der Waals surface area (Å²) >= 11 is 1.74. The summed E-state index contributed by atoms with van der Waals surface area (Å²) in [5, 5.41) is 2.10. The Bertz CT molecular complexity index is 985. The molecule has 0 N–H and O–H groups in total. The largest absolute Gasteiger partial charge is 0.496 e. The highest BCUT2D eigenvalue weighted by Crippen LogP contribution is 2.32. The molecule has 1 aliphatic heterocycles. The molecule has 1 fully saturated rings. The number of nitrogens with zero attached hydrogens (tertiary/aromatic N) is 2. The molecule has 3 aromatic rings. The molecule has 0 spiro atoms. The second-order valence-corrected chi connectivity index (χ2v) is 8.63. The zero-order valence-electron chi connectivity index (χ0n) is 18.0. The Balaban J connectivity index is 1.57. The monoisotopic (exact) mass is 436 g/mol. The molecular weight excluding hydrogens is 408 g/mol. The van der Waals surface area contributed by atoms with E-state index in [9.17, 15) is 4.79 Å². The van der Waals surface area contributed by atoms with Gasteiger partial charge in [0.05, 0.1) is 26.4 Å². The van der Waals surface area contributed by atoms with Crippen LogP contribution in [0.5, 0.6) is 5.75 Å². The highest BCUT2D eigenvalue weighted by molar-refractivity contribution is 7.10. The van der Waals surface area contributed by atoms with Gasteiger partial charge in [0.15, 0.2) is 0 Å². The molecule has 5 nitrogen and oxygen atoms in total. The quantitative estimate of drug-likeness (QED) is 0.544. The van der Waals surface area contributed by atoms with Gasteiger partial charge in [-0.3, -0.25) is 9.69 Å². The maximum absolute atomic E-state index is 13.4. The minimum absolute atomic E-state index is 0.00893. The number of methoxy groups -OCH3 is 1.